The summed E-state index contributed by atoms with van der Waals surface area (Å²) >= 11 is 1.87. The Labute approximate surface area is 315 Å². The van der Waals surface area contributed by atoms with E-state index in [1.165, 1.54) is 81.5 Å². The molecule has 1 heterocycles. The first-order valence-electron chi connectivity index (χ1n) is 18.3. The van der Waals surface area contributed by atoms with Gasteiger partial charge in [0.2, 0.25) is 0 Å². The highest BCUT2D eigenvalue weighted by Crippen LogP contribution is 2.55. The Morgan fingerprint density at radius 3 is 1.58 bits per heavy atom. The van der Waals surface area contributed by atoms with E-state index in [0.717, 1.165) is 11.4 Å². The van der Waals surface area contributed by atoms with Gasteiger partial charge in [0.1, 0.15) is 0 Å². The molecule has 0 fully saturated rings. The van der Waals surface area contributed by atoms with Gasteiger partial charge >= 0.3 is 0 Å². The third kappa shape index (κ3) is 5.29. The molecule has 2 heteroatoms. The first kappa shape index (κ1) is 31.5. The standard InChI is InChI=1S/C51H37NS/c1-51(2)45-17-11-18-47(50(45)43-30-24-39(33-46(43)51)38-25-31-49-44(32-38)42-16-9-10-19-48(42)53-49)52(40-26-20-36(21-27-40)34-12-5-3-6-13-34)41-28-22-37(23-29-41)35-14-7-4-8-15-35/h3-33H,1-2H3. The molecule has 0 spiro atoms. The van der Waals surface area contributed by atoms with Gasteiger partial charge in [-0.1, -0.05) is 147 Å². The molecule has 0 aliphatic heterocycles. The third-order valence-electron chi connectivity index (χ3n) is 11.1. The van der Waals surface area contributed by atoms with E-state index < -0.39 is 0 Å². The number of thiophene rings is 1. The van der Waals surface area contributed by atoms with Crippen molar-refractivity contribution in [3.05, 3.63) is 199 Å². The number of hydrogen-bond acceptors (Lipinski definition) is 2. The van der Waals surface area contributed by atoms with E-state index in [9.17, 15) is 0 Å². The predicted molar refractivity (Wildman–Crippen MR) is 228 cm³/mol. The van der Waals surface area contributed by atoms with Crippen molar-refractivity contribution < 1.29 is 0 Å². The smallest absolute Gasteiger partial charge is 0.0543 e. The fourth-order valence-corrected chi connectivity index (χ4v) is 9.42. The van der Waals surface area contributed by atoms with Crippen LogP contribution in [-0.2, 0) is 5.41 Å². The summed E-state index contributed by atoms with van der Waals surface area (Å²) < 4.78 is 2.67. The van der Waals surface area contributed by atoms with Crippen molar-refractivity contribution in [3.63, 3.8) is 0 Å². The Hall–Kier alpha value is -6.22. The van der Waals surface area contributed by atoms with Crippen LogP contribution in [0.1, 0.15) is 25.0 Å². The zero-order valence-corrected chi connectivity index (χ0v) is 30.6. The normalized spacial score (nSPS) is 12.9. The molecule has 10 rings (SSSR count). The molecule has 1 aromatic heterocycles. The lowest BCUT2D eigenvalue weighted by molar-refractivity contribution is 0.660. The van der Waals surface area contributed by atoms with Crippen LogP contribution in [0.5, 0.6) is 0 Å². The molecular formula is C51H37NS. The second-order valence-corrected chi connectivity index (χ2v) is 15.6. The molecule has 9 aromatic rings. The van der Waals surface area contributed by atoms with Crippen LogP contribution in [0.2, 0.25) is 0 Å². The summed E-state index contributed by atoms with van der Waals surface area (Å²) in [6.45, 7) is 4.77. The number of anilines is 3. The highest BCUT2D eigenvalue weighted by atomic mass is 32.1. The summed E-state index contributed by atoms with van der Waals surface area (Å²) in [6.07, 6.45) is 0. The minimum atomic E-state index is -0.171. The number of rotatable bonds is 6. The lowest BCUT2D eigenvalue weighted by Gasteiger charge is -2.29. The van der Waals surface area contributed by atoms with Crippen molar-refractivity contribution in [3.8, 4) is 44.5 Å². The molecule has 0 saturated carbocycles. The molecule has 0 saturated heterocycles. The van der Waals surface area contributed by atoms with Crippen LogP contribution in [0, 0.1) is 0 Å². The molecule has 252 valence electrons. The minimum Gasteiger partial charge on any atom is -0.310 e. The maximum Gasteiger partial charge on any atom is 0.0543 e. The fourth-order valence-electron chi connectivity index (χ4n) is 8.33. The Morgan fingerprint density at radius 1 is 0.396 bits per heavy atom. The van der Waals surface area contributed by atoms with Gasteiger partial charge in [-0.2, -0.15) is 0 Å². The number of fused-ring (bicyclic) bond motifs is 6. The predicted octanol–water partition coefficient (Wildman–Crippen LogP) is 14.8. The molecule has 53 heavy (non-hydrogen) atoms. The van der Waals surface area contributed by atoms with E-state index in [1.807, 2.05) is 11.3 Å². The van der Waals surface area contributed by atoms with Gasteiger partial charge in [0.15, 0.2) is 0 Å². The first-order chi connectivity index (χ1) is 26.0. The summed E-state index contributed by atoms with van der Waals surface area (Å²) in [6, 6.07) is 69.0. The summed E-state index contributed by atoms with van der Waals surface area (Å²) in [5.41, 5.74) is 16.0. The molecule has 0 radical (unpaired) electrons. The van der Waals surface area contributed by atoms with Crippen LogP contribution in [0.3, 0.4) is 0 Å². The SMILES string of the molecule is CC1(C)c2cc(-c3ccc4sc5ccccc5c4c3)ccc2-c2c(N(c3ccc(-c4ccccc4)cc3)c3ccc(-c4ccccc4)cc3)cccc21. The van der Waals surface area contributed by atoms with Gasteiger partial charge in [-0.15, -0.1) is 11.3 Å². The van der Waals surface area contributed by atoms with Crippen LogP contribution in [0.25, 0.3) is 64.7 Å². The van der Waals surface area contributed by atoms with E-state index in [2.05, 4.69) is 207 Å². The quantitative estimate of drug-likeness (QED) is 0.167. The molecule has 0 amide bonds. The van der Waals surface area contributed by atoms with E-state index in [4.69, 9.17) is 0 Å². The zero-order chi connectivity index (χ0) is 35.5. The molecule has 0 bridgehead atoms. The van der Waals surface area contributed by atoms with Crippen LogP contribution >= 0.6 is 11.3 Å². The number of hydrogen-bond donors (Lipinski definition) is 0. The topological polar surface area (TPSA) is 3.24 Å². The van der Waals surface area contributed by atoms with E-state index >= 15 is 0 Å². The van der Waals surface area contributed by atoms with Gasteiger partial charge in [-0.3, -0.25) is 0 Å². The average molecular weight is 696 g/mol. The first-order valence-corrected chi connectivity index (χ1v) is 19.2. The molecule has 1 aliphatic rings. The maximum absolute atomic E-state index is 2.45. The van der Waals surface area contributed by atoms with Gasteiger partial charge in [-0.05, 0) is 105 Å². The van der Waals surface area contributed by atoms with E-state index in [-0.39, 0.29) is 5.41 Å². The minimum absolute atomic E-state index is 0.171. The Kier molecular flexibility index (Phi) is 7.42. The Bertz CT molecular complexity index is 2690. The van der Waals surface area contributed by atoms with Crippen LogP contribution < -0.4 is 4.90 Å². The lowest BCUT2D eigenvalue weighted by Crippen LogP contribution is -2.16. The maximum atomic E-state index is 2.45. The van der Waals surface area contributed by atoms with Crippen LogP contribution in [-0.4, -0.2) is 0 Å². The van der Waals surface area contributed by atoms with Gasteiger partial charge in [-0.25, -0.2) is 0 Å². The van der Waals surface area contributed by atoms with Gasteiger partial charge in [0.25, 0.3) is 0 Å². The number of benzene rings is 8. The van der Waals surface area contributed by atoms with E-state index in [1.54, 1.807) is 0 Å². The molecule has 8 aromatic carbocycles. The van der Waals surface area contributed by atoms with Gasteiger partial charge < -0.3 is 4.90 Å². The molecular weight excluding hydrogens is 659 g/mol. The van der Waals surface area contributed by atoms with Crippen molar-refractivity contribution in [1.82, 2.24) is 0 Å². The van der Waals surface area contributed by atoms with Crippen molar-refractivity contribution in [2.24, 2.45) is 0 Å². The fraction of sp³-hybridized carbons (Fsp3) is 0.0588. The van der Waals surface area contributed by atoms with Gasteiger partial charge in [0, 0.05) is 42.5 Å². The highest BCUT2D eigenvalue weighted by molar-refractivity contribution is 7.25. The van der Waals surface area contributed by atoms with Crippen molar-refractivity contribution in [1.29, 1.82) is 0 Å². The Morgan fingerprint density at radius 2 is 0.925 bits per heavy atom. The summed E-state index contributed by atoms with van der Waals surface area (Å²) in [5.74, 6) is 0. The number of nitrogens with zero attached hydrogens (tertiary/aromatic N) is 1. The van der Waals surface area contributed by atoms with Gasteiger partial charge in [0.05, 0.1) is 5.69 Å². The molecule has 0 atom stereocenters. The molecule has 1 nitrogen and oxygen atoms in total. The average Bonchev–Trinajstić information content (AvgIpc) is 3.70. The second kappa shape index (κ2) is 12.5. The lowest BCUT2D eigenvalue weighted by atomic mass is 9.81. The van der Waals surface area contributed by atoms with Crippen molar-refractivity contribution in [2.75, 3.05) is 4.90 Å². The second-order valence-electron chi connectivity index (χ2n) is 14.6. The molecule has 0 unspecified atom stereocenters. The van der Waals surface area contributed by atoms with Crippen molar-refractivity contribution >= 4 is 48.6 Å². The van der Waals surface area contributed by atoms with Crippen molar-refractivity contribution in [2.45, 2.75) is 19.3 Å². The summed E-state index contributed by atoms with van der Waals surface area (Å²) in [4.78, 5) is 2.44. The zero-order valence-electron chi connectivity index (χ0n) is 29.8. The summed E-state index contributed by atoms with van der Waals surface area (Å²) in [7, 11) is 0. The highest BCUT2D eigenvalue weighted by Gasteiger charge is 2.38. The molecule has 1 aliphatic carbocycles. The van der Waals surface area contributed by atoms with E-state index in [0.29, 0.717) is 0 Å². The van der Waals surface area contributed by atoms with Crippen LogP contribution in [0.4, 0.5) is 17.1 Å². The third-order valence-corrected chi connectivity index (χ3v) is 12.2. The monoisotopic (exact) mass is 695 g/mol. The molecule has 0 N–H and O–H groups in total. The largest absolute Gasteiger partial charge is 0.310 e. The van der Waals surface area contributed by atoms with Crippen LogP contribution in [0.15, 0.2) is 188 Å². The Balaban J connectivity index is 1.11. The summed E-state index contributed by atoms with van der Waals surface area (Å²) in [5, 5.41) is 2.67.